The normalized spacial score (nSPS) is 23.8. The van der Waals surface area contributed by atoms with E-state index in [4.69, 9.17) is 11.0 Å². The summed E-state index contributed by atoms with van der Waals surface area (Å²) in [5, 5.41) is 11.0. The molecule has 2 aromatic rings. The van der Waals surface area contributed by atoms with E-state index in [1.54, 1.807) is 19.3 Å². The lowest BCUT2D eigenvalue weighted by Crippen LogP contribution is -2.52. The number of nitrogens with two attached hydrogens (primary N) is 1. The second-order valence-electron chi connectivity index (χ2n) is 6.01. The zero-order chi connectivity index (χ0) is 17.5. The van der Waals surface area contributed by atoms with E-state index in [-0.39, 0.29) is 17.8 Å². The summed E-state index contributed by atoms with van der Waals surface area (Å²) in [7, 11) is 1.64. The van der Waals surface area contributed by atoms with Crippen LogP contribution in [0, 0.1) is 17.2 Å². The largest absolute Gasteiger partial charge is 0.369 e. The summed E-state index contributed by atoms with van der Waals surface area (Å²) in [6, 6.07) is 5.88. The number of hydrogen-bond acceptors (Lipinski definition) is 6. The van der Waals surface area contributed by atoms with E-state index >= 15 is 0 Å². The topological polar surface area (TPSA) is 95.4 Å². The zero-order valence-corrected chi connectivity index (χ0v) is 14.5. The van der Waals surface area contributed by atoms with Crippen molar-refractivity contribution in [3.63, 3.8) is 0 Å². The van der Waals surface area contributed by atoms with Crippen LogP contribution in [0.5, 0.6) is 0 Å². The van der Waals surface area contributed by atoms with Gasteiger partial charge in [-0.1, -0.05) is 6.92 Å². The highest BCUT2D eigenvalue weighted by Gasteiger charge is 2.44. The molecule has 7 heteroatoms. The summed E-state index contributed by atoms with van der Waals surface area (Å²) in [5.41, 5.74) is 7.54. The van der Waals surface area contributed by atoms with Crippen LogP contribution in [0.4, 0.5) is 0 Å². The molecule has 1 aliphatic rings. The molecule has 2 aromatic heterocycles. The summed E-state index contributed by atoms with van der Waals surface area (Å²) in [4.78, 5) is 23.4. The average Bonchev–Trinajstić information content (AvgIpc) is 3.09. The number of aliphatic imine (C=N–C) groups is 1. The van der Waals surface area contributed by atoms with E-state index in [2.05, 4.69) is 16.0 Å². The van der Waals surface area contributed by atoms with E-state index in [0.717, 1.165) is 16.0 Å². The second-order valence-corrected chi connectivity index (χ2v) is 6.92. The molecule has 0 saturated carbocycles. The van der Waals surface area contributed by atoms with Gasteiger partial charge in [-0.3, -0.25) is 14.7 Å². The van der Waals surface area contributed by atoms with Crippen LogP contribution in [0.3, 0.4) is 0 Å². The third kappa shape index (κ3) is 2.45. The van der Waals surface area contributed by atoms with Crippen molar-refractivity contribution in [2.75, 3.05) is 7.05 Å². The maximum atomic E-state index is 12.4. The van der Waals surface area contributed by atoms with Gasteiger partial charge in [-0.25, -0.2) is 4.99 Å². The third-order valence-electron chi connectivity index (χ3n) is 4.53. The van der Waals surface area contributed by atoms with Crippen molar-refractivity contribution in [2.24, 2.45) is 16.6 Å². The number of aromatic nitrogens is 1. The Morgan fingerprint density at radius 2 is 2.12 bits per heavy atom. The Hall–Kier alpha value is -2.72. The smallest absolute Gasteiger partial charge is 0.234 e. The lowest BCUT2D eigenvalue weighted by atomic mass is 9.83. The molecule has 2 atom stereocenters. The SMILES string of the molecule is CC1C(=O)N(C)C(N)=N[C@]1(C)c1cc(-c2cncc(C#N)c2)cs1. The van der Waals surface area contributed by atoms with Crippen molar-refractivity contribution >= 4 is 23.2 Å². The second kappa shape index (κ2) is 5.73. The van der Waals surface area contributed by atoms with Crippen LogP contribution in [0.1, 0.15) is 24.3 Å². The summed E-state index contributed by atoms with van der Waals surface area (Å²) < 4.78 is 0. The first-order valence-electron chi connectivity index (χ1n) is 7.44. The monoisotopic (exact) mass is 339 g/mol. The Kier molecular flexibility index (Phi) is 3.85. The molecule has 2 N–H and O–H groups in total. The zero-order valence-electron chi connectivity index (χ0n) is 13.6. The van der Waals surface area contributed by atoms with Gasteiger partial charge in [-0.05, 0) is 30.0 Å². The summed E-state index contributed by atoms with van der Waals surface area (Å²) in [6.07, 6.45) is 3.25. The Balaban J connectivity index is 2.04. The number of hydrogen-bond donors (Lipinski definition) is 1. The molecular formula is C17H17N5OS. The summed E-state index contributed by atoms with van der Waals surface area (Å²) in [6.45, 7) is 3.79. The molecule has 0 aliphatic carbocycles. The van der Waals surface area contributed by atoms with Crippen molar-refractivity contribution in [1.82, 2.24) is 9.88 Å². The lowest BCUT2D eigenvalue weighted by molar-refractivity contribution is -0.133. The number of guanidine groups is 1. The maximum absolute atomic E-state index is 12.4. The number of carbonyl (C=O) groups is 1. The fourth-order valence-corrected chi connectivity index (χ4v) is 3.85. The van der Waals surface area contributed by atoms with Crippen LogP contribution in [-0.2, 0) is 10.3 Å². The van der Waals surface area contributed by atoms with E-state index in [0.29, 0.717) is 5.56 Å². The first-order valence-corrected chi connectivity index (χ1v) is 8.32. The number of amides is 1. The fourth-order valence-electron chi connectivity index (χ4n) is 2.73. The molecule has 0 radical (unpaired) electrons. The molecule has 24 heavy (non-hydrogen) atoms. The molecule has 3 rings (SSSR count). The molecule has 0 aromatic carbocycles. The molecule has 122 valence electrons. The molecular weight excluding hydrogens is 322 g/mol. The molecule has 0 bridgehead atoms. The molecule has 3 heterocycles. The Bertz CT molecular complexity index is 881. The Morgan fingerprint density at radius 3 is 2.83 bits per heavy atom. The first-order chi connectivity index (χ1) is 11.4. The van der Waals surface area contributed by atoms with Gasteiger partial charge in [0.05, 0.1) is 11.5 Å². The van der Waals surface area contributed by atoms with E-state index in [9.17, 15) is 4.79 Å². The highest BCUT2D eigenvalue weighted by molar-refractivity contribution is 7.10. The van der Waals surface area contributed by atoms with Gasteiger partial charge >= 0.3 is 0 Å². The summed E-state index contributed by atoms with van der Waals surface area (Å²) in [5.74, 6) is -0.137. The Morgan fingerprint density at radius 1 is 1.38 bits per heavy atom. The van der Waals surface area contributed by atoms with Gasteiger partial charge in [0.15, 0.2) is 5.96 Å². The summed E-state index contributed by atoms with van der Waals surface area (Å²) >= 11 is 1.53. The van der Waals surface area contributed by atoms with E-state index < -0.39 is 5.54 Å². The minimum Gasteiger partial charge on any atom is -0.369 e. The number of thiophene rings is 1. The van der Waals surface area contributed by atoms with Crippen molar-refractivity contribution < 1.29 is 4.79 Å². The number of rotatable bonds is 2. The van der Waals surface area contributed by atoms with E-state index in [1.807, 2.05) is 25.3 Å². The molecule has 0 fully saturated rings. The molecule has 0 spiro atoms. The van der Waals surface area contributed by atoms with Crippen LogP contribution < -0.4 is 5.73 Å². The van der Waals surface area contributed by atoms with E-state index in [1.165, 1.54) is 22.4 Å². The first kappa shape index (κ1) is 16.1. The van der Waals surface area contributed by atoms with Gasteiger partial charge < -0.3 is 5.73 Å². The third-order valence-corrected chi connectivity index (χ3v) is 5.69. The predicted octanol–water partition coefficient (Wildman–Crippen LogP) is 2.32. The van der Waals surface area contributed by atoms with Crippen molar-refractivity contribution in [1.29, 1.82) is 5.26 Å². The predicted molar refractivity (Wildman–Crippen MR) is 93.2 cm³/mol. The fraction of sp³-hybridized carbons (Fsp3) is 0.294. The number of nitriles is 1. The van der Waals surface area contributed by atoms with Crippen LogP contribution >= 0.6 is 11.3 Å². The molecule has 1 unspecified atom stereocenters. The molecule has 0 saturated heterocycles. The van der Waals surface area contributed by atoms with Gasteiger partial charge in [-0.15, -0.1) is 11.3 Å². The highest BCUT2D eigenvalue weighted by atomic mass is 32.1. The Labute approximate surface area is 144 Å². The minimum atomic E-state index is -0.698. The molecule has 6 nitrogen and oxygen atoms in total. The van der Waals surface area contributed by atoms with Gasteiger partial charge in [0, 0.05) is 29.9 Å². The quantitative estimate of drug-likeness (QED) is 0.908. The van der Waals surface area contributed by atoms with Gasteiger partial charge in [0.2, 0.25) is 5.91 Å². The molecule has 1 aliphatic heterocycles. The van der Waals surface area contributed by atoms with Crippen LogP contribution in [-0.4, -0.2) is 28.8 Å². The van der Waals surface area contributed by atoms with Crippen molar-refractivity contribution in [3.8, 4) is 17.2 Å². The number of pyridine rings is 1. The van der Waals surface area contributed by atoms with Gasteiger partial charge in [0.25, 0.3) is 0 Å². The van der Waals surface area contributed by atoms with Crippen LogP contribution in [0.15, 0.2) is 34.9 Å². The number of nitrogens with zero attached hydrogens (tertiary/aromatic N) is 4. The number of carbonyl (C=O) groups excluding carboxylic acids is 1. The maximum Gasteiger partial charge on any atom is 0.234 e. The van der Waals surface area contributed by atoms with Crippen molar-refractivity contribution in [2.45, 2.75) is 19.4 Å². The highest BCUT2D eigenvalue weighted by Crippen LogP contribution is 2.42. The van der Waals surface area contributed by atoms with Crippen LogP contribution in [0.25, 0.3) is 11.1 Å². The average molecular weight is 339 g/mol. The van der Waals surface area contributed by atoms with Crippen LogP contribution in [0.2, 0.25) is 0 Å². The lowest BCUT2D eigenvalue weighted by Gasteiger charge is -2.37. The van der Waals surface area contributed by atoms with Gasteiger partial charge in [0.1, 0.15) is 11.6 Å². The molecule has 1 amide bonds. The van der Waals surface area contributed by atoms with Crippen molar-refractivity contribution in [3.05, 3.63) is 40.3 Å². The van der Waals surface area contributed by atoms with Gasteiger partial charge in [-0.2, -0.15) is 5.26 Å². The minimum absolute atomic E-state index is 0.0481. The standard InChI is InChI=1S/C17H17N5OS/c1-10-15(23)22(3)16(19)21-17(10,2)14-5-13(9-24-14)12-4-11(6-18)7-20-8-12/h4-5,7-10H,1-3H3,(H2,19,21)/t10?,17-/m0/s1.